The van der Waals surface area contributed by atoms with Crippen molar-refractivity contribution in [2.45, 2.75) is 19.9 Å². The Hall–Kier alpha value is -2.88. The zero-order valence-electron chi connectivity index (χ0n) is 13.2. The lowest BCUT2D eigenvalue weighted by Gasteiger charge is -2.16. The highest BCUT2D eigenvalue weighted by atomic mass is 16.2. The first-order chi connectivity index (χ1) is 11.1. The van der Waals surface area contributed by atoms with E-state index < -0.39 is 0 Å². The first-order valence-corrected chi connectivity index (χ1v) is 7.46. The van der Waals surface area contributed by atoms with E-state index in [-0.39, 0.29) is 23.6 Å². The van der Waals surface area contributed by atoms with E-state index in [1.165, 1.54) is 6.92 Å². The number of nitrogens with one attached hydrogen (secondary N) is 2. The van der Waals surface area contributed by atoms with Gasteiger partial charge in [-0.2, -0.15) is 0 Å². The van der Waals surface area contributed by atoms with Crippen molar-refractivity contribution in [3.05, 3.63) is 77.5 Å². The summed E-state index contributed by atoms with van der Waals surface area (Å²) in [5.41, 5.74) is 2.08. The van der Waals surface area contributed by atoms with Crippen molar-refractivity contribution in [1.82, 2.24) is 10.6 Å². The first-order valence-electron chi connectivity index (χ1n) is 7.46. The molecule has 0 aromatic heterocycles. The molecule has 0 aliphatic rings. The summed E-state index contributed by atoms with van der Waals surface area (Å²) in [6, 6.07) is 18.9. The molecule has 23 heavy (non-hydrogen) atoms. The fourth-order valence-electron chi connectivity index (χ4n) is 2.16. The Bertz CT molecular complexity index is 694. The summed E-state index contributed by atoms with van der Waals surface area (Å²) in [6.45, 7) is 3.29. The minimum absolute atomic E-state index is 0.156. The average molecular weight is 308 g/mol. The molecular formula is C19H20N2O2. The Balaban J connectivity index is 2.17. The number of carbonyl (C=O) groups excluding carboxylic acids is 2. The maximum absolute atomic E-state index is 12.5. The van der Waals surface area contributed by atoms with Crippen LogP contribution < -0.4 is 10.6 Å². The summed E-state index contributed by atoms with van der Waals surface area (Å²) in [4.78, 5) is 23.8. The van der Waals surface area contributed by atoms with E-state index in [1.54, 1.807) is 6.08 Å². The molecule has 2 N–H and O–H groups in total. The second kappa shape index (κ2) is 7.94. The molecule has 0 heterocycles. The summed E-state index contributed by atoms with van der Waals surface area (Å²) in [5.74, 6) is -0.602. The van der Waals surface area contributed by atoms with E-state index in [9.17, 15) is 9.59 Å². The van der Waals surface area contributed by atoms with Crippen LogP contribution >= 0.6 is 0 Å². The lowest BCUT2D eigenvalue weighted by Crippen LogP contribution is -2.35. The van der Waals surface area contributed by atoms with Gasteiger partial charge in [-0.3, -0.25) is 9.59 Å². The van der Waals surface area contributed by atoms with Crippen LogP contribution in [0.15, 0.2) is 66.4 Å². The molecule has 0 spiro atoms. The van der Waals surface area contributed by atoms with Gasteiger partial charge in [0.05, 0.1) is 6.04 Å². The van der Waals surface area contributed by atoms with E-state index >= 15 is 0 Å². The smallest absolute Gasteiger partial charge is 0.268 e. The Labute approximate surface area is 136 Å². The number of benzene rings is 2. The van der Waals surface area contributed by atoms with Gasteiger partial charge in [0.1, 0.15) is 5.70 Å². The molecule has 4 heteroatoms. The SMILES string of the molecule is CC(=O)N/C(=C\c1ccccc1)C(=O)NC(C)c1ccccc1. The molecule has 2 aromatic carbocycles. The summed E-state index contributed by atoms with van der Waals surface area (Å²) in [5, 5.41) is 5.50. The van der Waals surface area contributed by atoms with Crippen molar-refractivity contribution >= 4 is 17.9 Å². The van der Waals surface area contributed by atoms with Crippen molar-refractivity contribution in [2.24, 2.45) is 0 Å². The van der Waals surface area contributed by atoms with Crippen LogP contribution in [0.2, 0.25) is 0 Å². The van der Waals surface area contributed by atoms with Gasteiger partial charge in [-0.25, -0.2) is 0 Å². The van der Waals surface area contributed by atoms with Crippen LogP contribution in [0.25, 0.3) is 6.08 Å². The van der Waals surface area contributed by atoms with E-state index in [4.69, 9.17) is 0 Å². The number of amides is 2. The molecule has 0 saturated heterocycles. The van der Waals surface area contributed by atoms with Crippen molar-refractivity contribution in [2.75, 3.05) is 0 Å². The minimum Gasteiger partial charge on any atom is -0.344 e. The number of hydrogen-bond acceptors (Lipinski definition) is 2. The second-order valence-corrected chi connectivity index (χ2v) is 5.26. The molecule has 0 saturated carbocycles. The van der Waals surface area contributed by atoms with E-state index in [0.29, 0.717) is 0 Å². The molecule has 118 valence electrons. The number of hydrogen-bond donors (Lipinski definition) is 2. The van der Waals surface area contributed by atoms with Crippen molar-refractivity contribution in [3.63, 3.8) is 0 Å². The van der Waals surface area contributed by atoms with Crippen LogP contribution in [0.4, 0.5) is 0 Å². The van der Waals surface area contributed by atoms with E-state index in [2.05, 4.69) is 10.6 Å². The molecule has 2 aromatic rings. The standard InChI is InChI=1S/C19H20N2O2/c1-14(17-11-7-4-8-12-17)20-19(23)18(21-15(2)22)13-16-9-5-3-6-10-16/h3-14H,1-2H3,(H,20,23)(H,21,22)/b18-13-. The van der Waals surface area contributed by atoms with E-state index in [0.717, 1.165) is 11.1 Å². The van der Waals surface area contributed by atoms with Crippen LogP contribution in [0, 0.1) is 0 Å². The van der Waals surface area contributed by atoms with Gasteiger partial charge in [0, 0.05) is 6.92 Å². The van der Waals surface area contributed by atoms with Crippen molar-refractivity contribution in [1.29, 1.82) is 0 Å². The average Bonchev–Trinajstić information content (AvgIpc) is 2.55. The fourth-order valence-corrected chi connectivity index (χ4v) is 2.16. The lowest BCUT2D eigenvalue weighted by atomic mass is 10.1. The van der Waals surface area contributed by atoms with Gasteiger partial charge in [-0.05, 0) is 24.1 Å². The molecule has 0 radical (unpaired) electrons. The third kappa shape index (κ3) is 5.11. The van der Waals surface area contributed by atoms with Crippen molar-refractivity contribution in [3.8, 4) is 0 Å². The quantitative estimate of drug-likeness (QED) is 0.834. The summed E-state index contributed by atoms with van der Waals surface area (Å²) >= 11 is 0. The molecule has 1 atom stereocenters. The normalized spacial score (nSPS) is 12.3. The van der Waals surface area contributed by atoms with Gasteiger partial charge < -0.3 is 10.6 Å². The van der Waals surface area contributed by atoms with Gasteiger partial charge in [0.15, 0.2) is 0 Å². The second-order valence-electron chi connectivity index (χ2n) is 5.26. The zero-order valence-corrected chi connectivity index (χ0v) is 13.2. The predicted octanol–water partition coefficient (Wildman–Crippen LogP) is 3.04. The predicted molar refractivity (Wildman–Crippen MR) is 91.2 cm³/mol. The highest BCUT2D eigenvalue weighted by molar-refractivity contribution is 6.01. The Morgan fingerprint density at radius 2 is 1.52 bits per heavy atom. The van der Waals surface area contributed by atoms with Crippen molar-refractivity contribution < 1.29 is 9.59 Å². The molecule has 4 nitrogen and oxygen atoms in total. The Morgan fingerprint density at radius 1 is 0.957 bits per heavy atom. The third-order valence-electron chi connectivity index (χ3n) is 3.31. The van der Waals surface area contributed by atoms with Gasteiger partial charge in [0.2, 0.25) is 5.91 Å². The molecule has 1 unspecified atom stereocenters. The largest absolute Gasteiger partial charge is 0.344 e. The minimum atomic E-state index is -0.319. The Kier molecular flexibility index (Phi) is 5.69. The highest BCUT2D eigenvalue weighted by Crippen LogP contribution is 2.12. The topological polar surface area (TPSA) is 58.2 Å². The van der Waals surface area contributed by atoms with Crippen LogP contribution in [0.5, 0.6) is 0 Å². The monoisotopic (exact) mass is 308 g/mol. The van der Waals surface area contributed by atoms with Crippen LogP contribution in [0.1, 0.15) is 31.0 Å². The van der Waals surface area contributed by atoms with Gasteiger partial charge >= 0.3 is 0 Å². The number of rotatable bonds is 5. The fraction of sp³-hybridized carbons (Fsp3) is 0.158. The van der Waals surface area contributed by atoms with Crippen LogP contribution in [0.3, 0.4) is 0 Å². The summed E-state index contributed by atoms with van der Waals surface area (Å²) in [6.07, 6.45) is 1.66. The molecule has 2 amide bonds. The Morgan fingerprint density at radius 3 is 2.09 bits per heavy atom. The first kappa shape index (κ1) is 16.5. The van der Waals surface area contributed by atoms with Gasteiger partial charge in [-0.1, -0.05) is 60.7 Å². The maximum Gasteiger partial charge on any atom is 0.268 e. The summed E-state index contributed by atoms with van der Waals surface area (Å²) < 4.78 is 0. The maximum atomic E-state index is 12.5. The molecular weight excluding hydrogens is 288 g/mol. The number of carbonyl (C=O) groups is 2. The van der Waals surface area contributed by atoms with Crippen LogP contribution in [-0.4, -0.2) is 11.8 Å². The van der Waals surface area contributed by atoms with E-state index in [1.807, 2.05) is 67.6 Å². The zero-order chi connectivity index (χ0) is 16.7. The van der Waals surface area contributed by atoms with Gasteiger partial charge in [-0.15, -0.1) is 0 Å². The molecule has 0 bridgehead atoms. The molecule has 2 rings (SSSR count). The molecule has 0 fully saturated rings. The third-order valence-corrected chi connectivity index (χ3v) is 3.31. The lowest BCUT2D eigenvalue weighted by molar-refractivity contribution is -0.122. The summed E-state index contributed by atoms with van der Waals surface area (Å²) in [7, 11) is 0. The molecule has 0 aliphatic heterocycles. The molecule has 0 aliphatic carbocycles. The van der Waals surface area contributed by atoms with Gasteiger partial charge in [0.25, 0.3) is 5.91 Å². The highest BCUT2D eigenvalue weighted by Gasteiger charge is 2.14. The van der Waals surface area contributed by atoms with Crippen LogP contribution in [-0.2, 0) is 9.59 Å².